The first-order valence-corrected chi connectivity index (χ1v) is 5.61. The first-order chi connectivity index (χ1) is 6.24. The number of hydrogen-bond acceptors (Lipinski definition) is 2. The molecule has 0 radical (unpaired) electrons. The summed E-state index contributed by atoms with van der Waals surface area (Å²) in [5, 5.41) is 3.37. The Morgan fingerprint density at radius 2 is 2.23 bits per heavy atom. The van der Waals surface area contributed by atoms with Crippen LogP contribution in [0.4, 0.5) is 0 Å². The Hall–Kier alpha value is -0.540. The van der Waals surface area contributed by atoms with Crippen molar-refractivity contribution < 1.29 is 4.74 Å². The summed E-state index contributed by atoms with van der Waals surface area (Å²) in [7, 11) is 1.70. The predicted molar refractivity (Wildman–Crippen MR) is 60.8 cm³/mol. The van der Waals surface area contributed by atoms with Gasteiger partial charge in [0.05, 0.1) is 7.11 Å². The molecule has 0 atom stereocenters. The van der Waals surface area contributed by atoms with Crippen LogP contribution in [0.25, 0.3) is 10.1 Å². The SMILES string of the molecule is COc1cc(Br)c2ccsc2c1C. The summed E-state index contributed by atoms with van der Waals surface area (Å²) >= 11 is 5.28. The third kappa shape index (κ3) is 1.36. The molecule has 0 unspecified atom stereocenters. The predicted octanol–water partition coefficient (Wildman–Crippen LogP) is 3.98. The molecule has 0 aliphatic heterocycles. The van der Waals surface area contributed by atoms with Gasteiger partial charge in [-0.15, -0.1) is 11.3 Å². The Morgan fingerprint density at radius 3 is 2.92 bits per heavy atom. The molecule has 3 heteroatoms. The molecule has 0 spiro atoms. The number of aryl methyl sites for hydroxylation is 1. The van der Waals surface area contributed by atoms with Gasteiger partial charge in [0.2, 0.25) is 0 Å². The third-order valence-electron chi connectivity index (χ3n) is 2.11. The molecule has 0 bridgehead atoms. The van der Waals surface area contributed by atoms with Gasteiger partial charge in [-0.1, -0.05) is 0 Å². The Labute approximate surface area is 89.5 Å². The lowest BCUT2D eigenvalue weighted by Gasteiger charge is -2.06. The average Bonchev–Trinajstić information content (AvgIpc) is 2.60. The number of hydrogen-bond donors (Lipinski definition) is 0. The number of methoxy groups -OCH3 is 1. The van der Waals surface area contributed by atoms with Crippen LogP contribution in [0.1, 0.15) is 5.56 Å². The third-order valence-corrected chi connectivity index (χ3v) is 3.80. The maximum Gasteiger partial charge on any atom is 0.124 e. The molecule has 1 nitrogen and oxygen atoms in total. The summed E-state index contributed by atoms with van der Waals surface area (Å²) in [4.78, 5) is 0. The summed E-state index contributed by atoms with van der Waals surface area (Å²) in [6.07, 6.45) is 0. The topological polar surface area (TPSA) is 9.23 Å². The molecule has 0 aliphatic carbocycles. The Bertz CT molecular complexity index is 447. The van der Waals surface area contributed by atoms with Crippen LogP contribution in [0, 0.1) is 6.92 Å². The molecule has 1 heterocycles. The summed E-state index contributed by atoms with van der Waals surface area (Å²) < 4.78 is 7.68. The van der Waals surface area contributed by atoms with E-state index in [2.05, 4.69) is 34.3 Å². The molecule has 0 N–H and O–H groups in total. The van der Waals surface area contributed by atoms with Crippen molar-refractivity contribution in [3.63, 3.8) is 0 Å². The molecule has 1 aromatic heterocycles. The van der Waals surface area contributed by atoms with E-state index in [9.17, 15) is 0 Å². The van der Waals surface area contributed by atoms with E-state index in [0.717, 1.165) is 10.2 Å². The Kier molecular flexibility index (Phi) is 2.30. The summed E-state index contributed by atoms with van der Waals surface area (Å²) in [6, 6.07) is 4.14. The van der Waals surface area contributed by atoms with Gasteiger partial charge in [0.1, 0.15) is 5.75 Å². The Balaban J connectivity index is 2.85. The van der Waals surface area contributed by atoms with Crippen LogP contribution >= 0.6 is 27.3 Å². The van der Waals surface area contributed by atoms with Crippen molar-refractivity contribution >= 4 is 37.4 Å². The van der Waals surface area contributed by atoms with E-state index in [1.807, 2.05) is 6.07 Å². The largest absolute Gasteiger partial charge is 0.496 e. The number of ether oxygens (including phenoxy) is 1. The molecule has 1 aromatic carbocycles. The molecular formula is C10H9BrOS. The zero-order valence-electron chi connectivity index (χ0n) is 7.43. The van der Waals surface area contributed by atoms with Crippen LogP contribution in [0.15, 0.2) is 22.0 Å². The second kappa shape index (κ2) is 3.31. The molecule has 2 aromatic rings. The van der Waals surface area contributed by atoms with Crippen molar-refractivity contribution in [3.05, 3.63) is 27.5 Å². The highest BCUT2D eigenvalue weighted by Crippen LogP contribution is 2.36. The maximum absolute atomic E-state index is 5.28. The number of rotatable bonds is 1. The van der Waals surface area contributed by atoms with Gasteiger partial charge in [0.25, 0.3) is 0 Å². The minimum atomic E-state index is 0.946. The van der Waals surface area contributed by atoms with E-state index in [-0.39, 0.29) is 0 Å². The van der Waals surface area contributed by atoms with Crippen molar-refractivity contribution in [1.29, 1.82) is 0 Å². The van der Waals surface area contributed by atoms with Crippen LogP contribution < -0.4 is 4.74 Å². The lowest BCUT2D eigenvalue weighted by molar-refractivity contribution is 0.412. The zero-order chi connectivity index (χ0) is 9.42. The first-order valence-electron chi connectivity index (χ1n) is 3.94. The van der Waals surface area contributed by atoms with Gasteiger partial charge in [-0.25, -0.2) is 0 Å². The van der Waals surface area contributed by atoms with E-state index in [1.165, 1.54) is 15.6 Å². The fourth-order valence-electron chi connectivity index (χ4n) is 1.41. The highest BCUT2D eigenvalue weighted by atomic mass is 79.9. The van der Waals surface area contributed by atoms with Gasteiger partial charge in [-0.05, 0) is 40.4 Å². The number of benzene rings is 1. The van der Waals surface area contributed by atoms with E-state index in [1.54, 1.807) is 18.4 Å². The number of thiophene rings is 1. The maximum atomic E-state index is 5.28. The number of halogens is 1. The van der Waals surface area contributed by atoms with Crippen LogP contribution in [0.3, 0.4) is 0 Å². The molecule has 0 saturated heterocycles. The second-order valence-electron chi connectivity index (χ2n) is 2.85. The van der Waals surface area contributed by atoms with Crippen LogP contribution in [0.2, 0.25) is 0 Å². The molecule has 2 rings (SSSR count). The minimum Gasteiger partial charge on any atom is -0.496 e. The van der Waals surface area contributed by atoms with Gasteiger partial charge in [-0.2, -0.15) is 0 Å². The van der Waals surface area contributed by atoms with Gasteiger partial charge in [0, 0.05) is 20.1 Å². The lowest BCUT2D eigenvalue weighted by Crippen LogP contribution is -1.86. The van der Waals surface area contributed by atoms with Gasteiger partial charge >= 0.3 is 0 Å². The lowest BCUT2D eigenvalue weighted by atomic mass is 10.2. The quantitative estimate of drug-likeness (QED) is 0.750. The molecule has 68 valence electrons. The smallest absolute Gasteiger partial charge is 0.124 e. The summed E-state index contributed by atoms with van der Waals surface area (Å²) in [5.41, 5.74) is 1.22. The zero-order valence-corrected chi connectivity index (χ0v) is 9.83. The highest BCUT2D eigenvalue weighted by Gasteiger charge is 2.08. The van der Waals surface area contributed by atoms with Crippen molar-refractivity contribution in [2.75, 3.05) is 7.11 Å². The molecule has 0 aliphatic rings. The molecule has 0 amide bonds. The molecule has 0 fully saturated rings. The van der Waals surface area contributed by atoms with Crippen LogP contribution in [-0.2, 0) is 0 Å². The van der Waals surface area contributed by atoms with Crippen LogP contribution in [-0.4, -0.2) is 7.11 Å². The minimum absolute atomic E-state index is 0.946. The van der Waals surface area contributed by atoms with E-state index in [0.29, 0.717) is 0 Å². The summed E-state index contributed by atoms with van der Waals surface area (Å²) in [5.74, 6) is 0.946. The second-order valence-corrected chi connectivity index (χ2v) is 4.62. The Morgan fingerprint density at radius 1 is 1.46 bits per heavy atom. The fraction of sp³-hybridized carbons (Fsp3) is 0.200. The van der Waals surface area contributed by atoms with Crippen molar-refractivity contribution in [1.82, 2.24) is 0 Å². The van der Waals surface area contributed by atoms with Crippen molar-refractivity contribution in [2.24, 2.45) is 0 Å². The fourth-order valence-corrected chi connectivity index (χ4v) is 3.00. The first kappa shape index (κ1) is 9.03. The molecule has 13 heavy (non-hydrogen) atoms. The van der Waals surface area contributed by atoms with Gasteiger partial charge in [-0.3, -0.25) is 0 Å². The van der Waals surface area contributed by atoms with Gasteiger partial charge < -0.3 is 4.74 Å². The van der Waals surface area contributed by atoms with Gasteiger partial charge in [0.15, 0.2) is 0 Å². The average molecular weight is 257 g/mol. The standard InChI is InChI=1S/C10H9BrOS/c1-6-9(12-2)5-8(11)7-3-4-13-10(6)7/h3-5H,1-2H3. The monoisotopic (exact) mass is 256 g/mol. The molecule has 0 saturated carbocycles. The van der Waals surface area contributed by atoms with Crippen molar-refractivity contribution in [2.45, 2.75) is 6.92 Å². The molecular weight excluding hydrogens is 248 g/mol. The van der Waals surface area contributed by atoms with Crippen LogP contribution in [0.5, 0.6) is 5.75 Å². The number of fused-ring (bicyclic) bond motifs is 1. The normalized spacial score (nSPS) is 10.7. The summed E-state index contributed by atoms with van der Waals surface area (Å²) in [6.45, 7) is 2.09. The van der Waals surface area contributed by atoms with E-state index in [4.69, 9.17) is 4.74 Å². The highest BCUT2D eigenvalue weighted by molar-refractivity contribution is 9.10. The van der Waals surface area contributed by atoms with E-state index < -0.39 is 0 Å². The van der Waals surface area contributed by atoms with Crippen molar-refractivity contribution in [3.8, 4) is 5.75 Å². The van der Waals surface area contributed by atoms with E-state index >= 15 is 0 Å².